The maximum absolute atomic E-state index is 10.5. The summed E-state index contributed by atoms with van der Waals surface area (Å²) < 4.78 is 10.2. The summed E-state index contributed by atoms with van der Waals surface area (Å²) in [4.78, 5) is 10.5. The molecule has 13 heavy (non-hydrogen) atoms. The van der Waals surface area contributed by atoms with Gasteiger partial charge in [-0.1, -0.05) is 0 Å². The molecule has 2 aromatic rings. The van der Waals surface area contributed by atoms with Gasteiger partial charge in [-0.2, -0.15) is 0 Å². The van der Waals surface area contributed by atoms with Crippen LogP contribution >= 0.6 is 0 Å². The summed E-state index contributed by atoms with van der Waals surface area (Å²) in [5, 5.41) is 0.816. The Morgan fingerprint density at radius 3 is 3.00 bits per heavy atom. The molecule has 1 aromatic heterocycles. The average Bonchev–Trinajstić information content (AvgIpc) is 2.59. The van der Waals surface area contributed by atoms with Crippen LogP contribution < -0.4 is 4.74 Å². The van der Waals surface area contributed by atoms with Gasteiger partial charge in [0.05, 0.1) is 12.7 Å². The monoisotopic (exact) mass is 176 g/mol. The number of fused-ring (bicyclic) bond motifs is 1. The smallest absolute Gasteiger partial charge is 0.153 e. The van der Waals surface area contributed by atoms with Gasteiger partial charge in [-0.15, -0.1) is 0 Å². The minimum atomic E-state index is 0.567. The van der Waals surface area contributed by atoms with Gasteiger partial charge in [0.15, 0.2) is 6.29 Å². The Morgan fingerprint density at radius 1 is 1.46 bits per heavy atom. The second-order valence-electron chi connectivity index (χ2n) is 2.67. The first kappa shape index (κ1) is 7.86. The minimum Gasteiger partial charge on any atom is -0.497 e. The van der Waals surface area contributed by atoms with Gasteiger partial charge in [-0.05, 0) is 12.1 Å². The fraction of sp³-hybridized carbons (Fsp3) is 0.100. The Kier molecular flexibility index (Phi) is 1.77. The Hall–Kier alpha value is -1.77. The quantitative estimate of drug-likeness (QED) is 0.659. The van der Waals surface area contributed by atoms with Gasteiger partial charge in [0.1, 0.15) is 17.6 Å². The van der Waals surface area contributed by atoms with E-state index >= 15 is 0 Å². The summed E-state index contributed by atoms with van der Waals surface area (Å²) in [5.74, 6) is 0.722. The predicted molar refractivity (Wildman–Crippen MR) is 48.2 cm³/mol. The highest BCUT2D eigenvalue weighted by atomic mass is 16.5. The Balaban J connectivity index is 2.67. The van der Waals surface area contributed by atoms with Crippen LogP contribution in [0, 0.1) is 0 Å². The van der Waals surface area contributed by atoms with Crippen molar-refractivity contribution in [1.82, 2.24) is 0 Å². The van der Waals surface area contributed by atoms with Gasteiger partial charge in [0.25, 0.3) is 0 Å². The molecular weight excluding hydrogens is 168 g/mol. The van der Waals surface area contributed by atoms with Crippen LogP contribution in [0.15, 0.2) is 28.9 Å². The van der Waals surface area contributed by atoms with Crippen molar-refractivity contribution in [3.8, 4) is 5.75 Å². The number of furan rings is 1. The first-order valence-electron chi connectivity index (χ1n) is 3.85. The van der Waals surface area contributed by atoms with Gasteiger partial charge < -0.3 is 9.15 Å². The second kappa shape index (κ2) is 2.94. The summed E-state index contributed by atoms with van der Waals surface area (Å²) in [5.41, 5.74) is 1.24. The number of methoxy groups -OCH3 is 1. The molecule has 0 unspecified atom stereocenters. The fourth-order valence-corrected chi connectivity index (χ4v) is 1.25. The number of carbonyl (C=O) groups is 1. The highest BCUT2D eigenvalue weighted by molar-refractivity contribution is 5.96. The van der Waals surface area contributed by atoms with Crippen LogP contribution in [-0.2, 0) is 0 Å². The van der Waals surface area contributed by atoms with Gasteiger partial charge in [0.2, 0.25) is 0 Å². The summed E-state index contributed by atoms with van der Waals surface area (Å²) in [6, 6.07) is 5.36. The van der Waals surface area contributed by atoms with Crippen LogP contribution in [-0.4, -0.2) is 13.4 Å². The third-order valence-electron chi connectivity index (χ3n) is 1.94. The number of benzene rings is 1. The van der Waals surface area contributed by atoms with E-state index in [0.29, 0.717) is 11.1 Å². The van der Waals surface area contributed by atoms with E-state index in [1.807, 2.05) is 0 Å². The van der Waals surface area contributed by atoms with Crippen molar-refractivity contribution in [2.75, 3.05) is 7.11 Å². The van der Waals surface area contributed by atoms with Crippen LogP contribution in [0.2, 0.25) is 0 Å². The second-order valence-corrected chi connectivity index (χ2v) is 2.67. The number of aldehydes is 1. The molecule has 66 valence electrons. The molecule has 0 saturated heterocycles. The van der Waals surface area contributed by atoms with E-state index in [2.05, 4.69) is 0 Å². The van der Waals surface area contributed by atoms with Crippen molar-refractivity contribution < 1.29 is 13.9 Å². The van der Waals surface area contributed by atoms with Gasteiger partial charge in [0, 0.05) is 11.5 Å². The lowest BCUT2D eigenvalue weighted by Crippen LogP contribution is -1.81. The van der Waals surface area contributed by atoms with Crippen LogP contribution in [0.3, 0.4) is 0 Å². The van der Waals surface area contributed by atoms with E-state index in [4.69, 9.17) is 9.15 Å². The zero-order valence-electron chi connectivity index (χ0n) is 7.11. The van der Waals surface area contributed by atoms with E-state index in [9.17, 15) is 4.79 Å². The van der Waals surface area contributed by atoms with Gasteiger partial charge in [-0.3, -0.25) is 4.79 Å². The molecule has 1 heterocycles. The van der Waals surface area contributed by atoms with Crippen molar-refractivity contribution in [3.05, 3.63) is 30.0 Å². The standard InChI is InChI=1S/C10H8O3/c1-12-8-2-3-9-7(5-11)6-13-10(9)4-8/h2-6H,1H3. The molecule has 2 rings (SSSR count). The third kappa shape index (κ3) is 1.18. The summed E-state index contributed by atoms with van der Waals surface area (Å²) >= 11 is 0. The maximum atomic E-state index is 10.5. The SMILES string of the molecule is COc1ccc2c(C=O)coc2c1. The lowest BCUT2D eigenvalue weighted by atomic mass is 10.2. The minimum absolute atomic E-state index is 0.567. The first-order chi connectivity index (χ1) is 6.35. The fourth-order valence-electron chi connectivity index (χ4n) is 1.25. The lowest BCUT2D eigenvalue weighted by Gasteiger charge is -1.97. The van der Waals surface area contributed by atoms with Crippen LogP contribution in [0.25, 0.3) is 11.0 Å². The highest BCUT2D eigenvalue weighted by Crippen LogP contribution is 2.24. The van der Waals surface area contributed by atoms with E-state index < -0.39 is 0 Å². The molecule has 0 amide bonds. The molecule has 1 aromatic carbocycles. The normalized spacial score (nSPS) is 10.2. The van der Waals surface area contributed by atoms with Crippen molar-refractivity contribution in [1.29, 1.82) is 0 Å². The largest absolute Gasteiger partial charge is 0.497 e. The van der Waals surface area contributed by atoms with E-state index in [1.165, 1.54) is 6.26 Å². The summed E-state index contributed by atoms with van der Waals surface area (Å²) in [6.07, 6.45) is 2.22. The summed E-state index contributed by atoms with van der Waals surface area (Å²) in [6.45, 7) is 0. The number of hydrogen-bond acceptors (Lipinski definition) is 3. The molecule has 0 N–H and O–H groups in total. The van der Waals surface area contributed by atoms with E-state index in [1.54, 1.807) is 25.3 Å². The molecule has 0 radical (unpaired) electrons. The molecule has 0 spiro atoms. The van der Waals surface area contributed by atoms with Gasteiger partial charge >= 0.3 is 0 Å². The molecule has 0 saturated carbocycles. The number of hydrogen-bond donors (Lipinski definition) is 0. The molecular formula is C10H8O3. The highest BCUT2D eigenvalue weighted by Gasteiger charge is 2.04. The molecule has 0 fully saturated rings. The van der Waals surface area contributed by atoms with Gasteiger partial charge in [-0.25, -0.2) is 0 Å². The van der Waals surface area contributed by atoms with Crippen molar-refractivity contribution in [2.24, 2.45) is 0 Å². The first-order valence-corrected chi connectivity index (χ1v) is 3.85. The third-order valence-corrected chi connectivity index (χ3v) is 1.94. The van der Waals surface area contributed by atoms with Crippen molar-refractivity contribution in [3.63, 3.8) is 0 Å². The summed E-state index contributed by atoms with van der Waals surface area (Å²) in [7, 11) is 1.59. The Labute approximate surface area is 74.9 Å². The zero-order chi connectivity index (χ0) is 9.26. The molecule has 0 aliphatic carbocycles. The number of ether oxygens (including phenoxy) is 1. The number of rotatable bonds is 2. The topological polar surface area (TPSA) is 39.4 Å². The molecule has 3 nitrogen and oxygen atoms in total. The molecule has 0 atom stereocenters. The maximum Gasteiger partial charge on any atom is 0.153 e. The Bertz CT molecular complexity index is 442. The van der Waals surface area contributed by atoms with Crippen molar-refractivity contribution in [2.45, 2.75) is 0 Å². The van der Waals surface area contributed by atoms with E-state index in [-0.39, 0.29) is 0 Å². The van der Waals surface area contributed by atoms with E-state index in [0.717, 1.165) is 17.4 Å². The number of carbonyl (C=O) groups excluding carboxylic acids is 1. The molecule has 3 heteroatoms. The molecule has 0 aliphatic heterocycles. The zero-order valence-corrected chi connectivity index (χ0v) is 7.11. The predicted octanol–water partition coefficient (Wildman–Crippen LogP) is 2.25. The van der Waals surface area contributed by atoms with Crippen LogP contribution in [0.4, 0.5) is 0 Å². The van der Waals surface area contributed by atoms with Crippen molar-refractivity contribution >= 4 is 17.3 Å². The Morgan fingerprint density at radius 2 is 2.31 bits per heavy atom. The molecule has 0 aliphatic rings. The molecule has 0 bridgehead atoms. The average molecular weight is 176 g/mol. The van der Waals surface area contributed by atoms with Crippen LogP contribution in [0.5, 0.6) is 5.75 Å². The lowest BCUT2D eigenvalue weighted by molar-refractivity contribution is 0.112. The van der Waals surface area contributed by atoms with Crippen LogP contribution in [0.1, 0.15) is 10.4 Å².